The van der Waals surface area contributed by atoms with E-state index in [1.165, 1.54) is 11.3 Å². The summed E-state index contributed by atoms with van der Waals surface area (Å²) in [5, 5.41) is 3.48. The number of benzene rings is 2. The number of esters is 1. The van der Waals surface area contributed by atoms with Gasteiger partial charge in [0.2, 0.25) is 5.91 Å². The molecule has 0 aliphatic rings. The highest BCUT2D eigenvalue weighted by molar-refractivity contribution is 7.17. The molecule has 3 rings (SSSR count). The first-order chi connectivity index (χ1) is 13.6. The summed E-state index contributed by atoms with van der Waals surface area (Å²) in [6, 6.07) is 19.6. The van der Waals surface area contributed by atoms with Crippen molar-refractivity contribution in [2.24, 2.45) is 0 Å². The van der Waals surface area contributed by atoms with Crippen molar-refractivity contribution in [3.8, 4) is 11.1 Å². The minimum absolute atomic E-state index is 0.115. The van der Waals surface area contributed by atoms with Gasteiger partial charge in [-0.3, -0.25) is 4.79 Å². The molecule has 2 aromatic carbocycles. The van der Waals surface area contributed by atoms with Crippen molar-refractivity contribution >= 4 is 28.2 Å². The highest BCUT2D eigenvalue weighted by Crippen LogP contribution is 2.40. The maximum atomic E-state index is 12.7. The smallest absolute Gasteiger partial charge is 0.341 e. The van der Waals surface area contributed by atoms with Crippen LogP contribution in [-0.4, -0.2) is 18.5 Å². The molecule has 0 saturated heterocycles. The molecule has 1 aromatic heterocycles. The van der Waals surface area contributed by atoms with E-state index in [1.54, 1.807) is 6.92 Å². The van der Waals surface area contributed by atoms with E-state index in [-0.39, 0.29) is 12.5 Å². The summed E-state index contributed by atoms with van der Waals surface area (Å²) in [6.45, 7) is 4.01. The maximum absolute atomic E-state index is 12.7. The first-order valence-electron chi connectivity index (χ1n) is 9.29. The predicted molar refractivity (Wildman–Crippen MR) is 114 cm³/mol. The lowest BCUT2D eigenvalue weighted by Gasteiger charge is -2.09. The molecule has 0 atom stereocenters. The zero-order chi connectivity index (χ0) is 19.9. The molecule has 1 N–H and O–H groups in total. The summed E-state index contributed by atoms with van der Waals surface area (Å²) in [4.78, 5) is 26.2. The van der Waals surface area contributed by atoms with E-state index in [2.05, 4.69) is 5.32 Å². The molecule has 144 valence electrons. The number of rotatable bonds is 7. The van der Waals surface area contributed by atoms with Gasteiger partial charge in [-0.15, -0.1) is 11.3 Å². The van der Waals surface area contributed by atoms with Crippen LogP contribution in [0, 0.1) is 6.92 Å². The quantitative estimate of drug-likeness (QED) is 0.542. The SMILES string of the molecule is CCOC(=O)c1c(NC(=O)CCc2ccccc2)sc(C)c1-c1ccccc1. The summed E-state index contributed by atoms with van der Waals surface area (Å²) in [7, 11) is 0. The number of nitrogens with one attached hydrogen (secondary N) is 1. The number of amides is 1. The molecule has 3 aromatic rings. The van der Waals surface area contributed by atoms with Crippen LogP contribution in [0.25, 0.3) is 11.1 Å². The van der Waals surface area contributed by atoms with Gasteiger partial charge < -0.3 is 10.1 Å². The van der Waals surface area contributed by atoms with Crippen molar-refractivity contribution in [1.29, 1.82) is 0 Å². The molecule has 1 amide bonds. The number of carbonyl (C=O) groups is 2. The highest BCUT2D eigenvalue weighted by Gasteiger charge is 2.25. The number of ether oxygens (including phenoxy) is 1. The molecule has 0 aliphatic heterocycles. The summed E-state index contributed by atoms with van der Waals surface area (Å²) < 4.78 is 5.27. The fourth-order valence-electron chi connectivity index (χ4n) is 3.07. The van der Waals surface area contributed by atoms with E-state index in [1.807, 2.05) is 67.6 Å². The summed E-state index contributed by atoms with van der Waals surface area (Å²) in [5.41, 5.74) is 3.30. The van der Waals surface area contributed by atoms with Gasteiger partial charge in [-0.2, -0.15) is 0 Å². The Morgan fingerprint density at radius 3 is 2.29 bits per heavy atom. The van der Waals surface area contributed by atoms with Crippen LogP contribution in [-0.2, 0) is 16.0 Å². The fraction of sp³-hybridized carbons (Fsp3) is 0.217. The summed E-state index contributed by atoms with van der Waals surface area (Å²) in [6.07, 6.45) is 1.00. The van der Waals surface area contributed by atoms with Crippen LogP contribution in [0.4, 0.5) is 5.00 Å². The summed E-state index contributed by atoms with van der Waals surface area (Å²) in [5.74, 6) is -0.528. The normalized spacial score (nSPS) is 10.5. The van der Waals surface area contributed by atoms with Crippen molar-refractivity contribution in [3.05, 3.63) is 76.7 Å². The molecule has 5 heteroatoms. The second-order valence-corrected chi connectivity index (χ2v) is 7.58. The van der Waals surface area contributed by atoms with E-state index in [4.69, 9.17) is 4.74 Å². The van der Waals surface area contributed by atoms with Gasteiger partial charge in [0.15, 0.2) is 0 Å². The third-order valence-corrected chi connectivity index (χ3v) is 5.38. The number of aryl methyl sites for hydroxylation is 2. The lowest BCUT2D eigenvalue weighted by atomic mass is 10.0. The molecule has 0 fully saturated rings. The number of carbonyl (C=O) groups excluding carboxylic acids is 2. The number of anilines is 1. The fourth-order valence-corrected chi connectivity index (χ4v) is 4.16. The maximum Gasteiger partial charge on any atom is 0.341 e. The molecule has 0 radical (unpaired) electrons. The second kappa shape index (κ2) is 9.33. The Kier molecular flexibility index (Phi) is 6.61. The van der Waals surface area contributed by atoms with Gasteiger partial charge in [-0.05, 0) is 31.4 Å². The minimum Gasteiger partial charge on any atom is -0.462 e. The monoisotopic (exact) mass is 393 g/mol. The van der Waals surface area contributed by atoms with Gasteiger partial charge in [0, 0.05) is 16.9 Å². The Labute approximate surface area is 169 Å². The van der Waals surface area contributed by atoms with Gasteiger partial charge in [0.05, 0.1) is 6.61 Å². The topological polar surface area (TPSA) is 55.4 Å². The third-order valence-electron chi connectivity index (χ3n) is 4.36. The Balaban J connectivity index is 1.85. The summed E-state index contributed by atoms with van der Waals surface area (Å²) >= 11 is 1.41. The average molecular weight is 394 g/mol. The van der Waals surface area contributed by atoms with E-state index in [9.17, 15) is 9.59 Å². The van der Waals surface area contributed by atoms with Crippen LogP contribution in [0.3, 0.4) is 0 Å². The largest absolute Gasteiger partial charge is 0.462 e. The molecule has 0 aliphatic carbocycles. The zero-order valence-corrected chi connectivity index (χ0v) is 16.8. The molecule has 0 saturated carbocycles. The van der Waals surface area contributed by atoms with E-state index in [0.29, 0.717) is 23.4 Å². The number of hydrogen-bond acceptors (Lipinski definition) is 4. The van der Waals surface area contributed by atoms with Gasteiger partial charge in [-0.25, -0.2) is 4.79 Å². The van der Waals surface area contributed by atoms with Crippen molar-refractivity contribution in [3.63, 3.8) is 0 Å². The molecule has 0 unspecified atom stereocenters. The van der Waals surface area contributed by atoms with Gasteiger partial charge in [-0.1, -0.05) is 60.7 Å². The molecule has 4 nitrogen and oxygen atoms in total. The van der Waals surface area contributed by atoms with Crippen molar-refractivity contribution < 1.29 is 14.3 Å². The lowest BCUT2D eigenvalue weighted by Crippen LogP contribution is -2.15. The van der Waals surface area contributed by atoms with Crippen LogP contribution < -0.4 is 5.32 Å². The van der Waals surface area contributed by atoms with Gasteiger partial charge in [0.25, 0.3) is 0 Å². The molecule has 1 heterocycles. The Morgan fingerprint density at radius 2 is 1.64 bits per heavy atom. The Hall–Kier alpha value is -2.92. The van der Waals surface area contributed by atoms with Crippen LogP contribution in [0.5, 0.6) is 0 Å². The molecule has 0 spiro atoms. The molecular weight excluding hydrogens is 370 g/mol. The lowest BCUT2D eigenvalue weighted by molar-refractivity contribution is -0.116. The van der Waals surface area contributed by atoms with Crippen molar-refractivity contribution in [1.82, 2.24) is 0 Å². The molecule has 0 bridgehead atoms. The average Bonchev–Trinajstić information content (AvgIpc) is 3.03. The van der Waals surface area contributed by atoms with Crippen LogP contribution in [0.2, 0.25) is 0 Å². The van der Waals surface area contributed by atoms with Gasteiger partial charge in [0.1, 0.15) is 10.6 Å². The Bertz CT molecular complexity index is 949. The molecule has 28 heavy (non-hydrogen) atoms. The Morgan fingerprint density at radius 1 is 1.00 bits per heavy atom. The van der Waals surface area contributed by atoms with Crippen molar-refractivity contribution in [2.45, 2.75) is 26.7 Å². The minimum atomic E-state index is -0.413. The second-order valence-electron chi connectivity index (χ2n) is 6.36. The van der Waals surface area contributed by atoms with Crippen LogP contribution in [0.15, 0.2) is 60.7 Å². The number of hydrogen-bond donors (Lipinski definition) is 1. The standard InChI is InChI=1S/C23H23NO3S/c1-3-27-23(26)21-20(18-12-8-5-9-13-18)16(2)28-22(21)24-19(25)15-14-17-10-6-4-7-11-17/h4-13H,3,14-15H2,1-2H3,(H,24,25). The first kappa shape index (κ1) is 19.8. The van der Waals surface area contributed by atoms with E-state index < -0.39 is 5.97 Å². The van der Waals surface area contributed by atoms with Gasteiger partial charge >= 0.3 is 5.97 Å². The van der Waals surface area contributed by atoms with Crippen LogP contribution >= 0.6 is 11.3 Å². The first-order valence-corrected chi connectivity index (χ1v) is 10.1. The van der Waals surface area contributed by atoms with Crippen molar-refractivity contribution in [2.75, 3.05) is 11.9 Å². The third kappa shape index (κ3) is 4.67. The highest BCUT2D eigenvalue weighted by atomic mass is 32.1. The van der Waals surface area contributed by atoms with E-state index in [0.717, 1.165) is 21.6 Å². The molecular formula is C23H23NO3S. The zero-order valence-electron chi connectivity index (χ0n) is 16.0. The van der Waals surface area contributed by atoms with Crippen LogP contribution in [0.1, 0.15) is 34.1 Å². The number of thiophene rings is 1. The predicted octanol–water partition coefficient (Wildman–Crippen LogP) is 5.47. The van der Waals surface area contributed by atoms with E-state index >= 15 is 0 Å².